The third-order valence-corrected chi connectivity index (χ3v) is 3.66. The number of thioether (sulfide) groups is 1. The lowest BCUT2D eigenvalue weighted by Gasteiger charge is -2.09. The summed E-state index contributed by atoms with van der Waals surface area (Å²) in [6.45, 7) is 3.96. The van der Waals surface area contributed by atoms with E-state index in [9.17, 15) is 4.79 Å². The van der Waals surface area contributed by atoms with Crippen LogP contribution in [-0.2, 0) is 11.2 Å². The molecule has 0 amide bonds. The lowest BCUT2D eigenvalue weighted by molar-refractivity contribution is -0.110. The molecule has 0 N–H and O–H groups in total. The van der Waals surface area contributed by atoms with Crippen LogP contribution in [0.2, 0.25) is 5.02 Å². The zero-order valence-electron chi connectivity index (χ0n) is 9.24. The summed E-state index contributed by atoms with van der Waals surface area (Å²) in [5.41, 5.74) is 1.03. The van der Waals surface area contributed by atoms with Crippen LogP contribution in [0.4, 0.5) is 0 Å². The first-order valence-corrected chi connectivity index (χ1v) is 6.77. The Morgan fingerprint density at radius 1 is 1.31 bits per heavy atom. The minimum atomic E-state index is -0.464. The predicted molar refractivity (Wildman–Crippen MR) is 72.5 cm³/mol. The predicted octanol–water partition coefficient (Wildman–Crippen LogP) is 4.16. The summed E-state index contributed by atoms with van der Waals surface area (Å²) in [5.74, 6) is 0. The van der Waals surface area contributed by atoms with Gasteiger partial charge >= 0.3 is 0 Å². The molecule has 0 aliphatic heterocycles. The molecule has 88 valence electrons. The SMILES string of the molecule is CC(C)SC(=O)C(Cl)Cc1ccc(Cl)cc1. The Morgan fingerprint density at radius 2 is 1.88 bits per heavy atom. The van der Waals surface area contributed by atoms with Crippen molar-refractivity contribution in [2.45, 2.75) is 30.9 Å². The van der Waals surface area contributed by atoms with Crippen LogP contribution >= 0.6 is 35.0 Å². The average Bonchev–Trinajstić information content (AvgIpc) is 2.20. The second-order valence-corrected chi connectivity index (χ2v) is 6.33. The number of carbonyl (C=O) groups excluding carboxylic acids is 1. The highest BCUT2D eigenvalue weighted by molar-refractivity contribution is 8.14. The van der Waals surface area contributed by atoms with Crippen LogP contribution in [0.3, 0.4) is 0 Å². The molecule has 0 radical (unpaired) electrons. The summed E-state index contributed by atoms with van der Waals surface area (Å²) in [6.07, 6.45) is 0.553. The molecule has 0 saturated heterocycles. The third-order valence-electron chi connectivity index (χ3n) is 1.94. The smallest absolute Gasteiger partial charge is 0.207 e. The summed E-state index contributed by atoms with van der Waals surface area (Å²) in [5, 5.41) is 0.539. The van der Waals surface area contributed by atoms with Crippen LogP contribution in [0, 0.1) is 0 Å². The van der Waals surface area contributed by atoms with Gasteiger partial charge in [-0.2, -0.15) is 0 Å². The van der Waals surface area contributed by atoms with Crippen LogP contribution < -0.4 is 0 Å². The van der Waals surface area contributed by atoms with Crippen LogP contribution in [0.15, 0.2) is 24.3 Å². The van der Waals surface area contributed by atoms with Crippen molar-refractivity contribution in [1.82, 2.24) is 0 Å². The Bertz CT molecular complexity index is 349. The summed E-state index contributed by atoms with van der Waals surface area (Å²) in [7, 11) is 0. The molecule has 0 heterocycles. The number of carbonyl (C=O) groups is 1. The van der Waals surface area contributed by atoms with Gasteiger partial charge in [0.05, 0.1) is 0 Å². The number of alkyl halides is 1. The van der Waals surface area contributed by atoms with Crippen molar-refractivity contribution >= 4 is 40.1 Å². The quantitative estimate of drug-likeness (QED) is 0.769. The standard InChI is InChI=1S/C12H14Cl2OS/c1-8(2)16-12(15)11(14)7-9-3-5-10(13)6-4-9/h3-6,8,11H,7H2,1-2H3. The monoisotopic (exact) mass is 276 g/mol. The van der Waals surface area contributed by atoms with E-state index in [-0.39, 0.29) is 10.4 Å². The first kappa shape index (κ1) is 13.9. The van der Waals surface area contributed by atoms with E-state index in [0.717, 1.165) is 5.56 Å². The molecular formula is C12H14Cl2OS. The fourth-order valence-corrected chi connectivity index (χ4v) is 2.37. The molecular weight excluding hydrogens is 263 g/mol. The highest BCUT2D eigenvalue weighted by Gasteiger charge is 2.17. The molecule has 1 nitrogen and oxygen atoms in total. The van der Waals surface area contributed by atoms with Crippen molar-refractivity contribution in [3.05, 3.63) is 34.9 Å². The molecule has 1 atom stereocenters. The van der Waals surface area contributed by atoms with Gasteiger partial charge in [0, 0.05) is 10.3 Å². The molecule has 0 spiro atoms. The third kappa shape index (κ3) is 4.77. The second kappa shape index (κ2) is 6.53. The summed E-state index contributed by atoms with van der Waals surface area (Å²) >= 11 is 13.1. The van der Waals surface area contributed by atoms with Crippen molar-refractivity contribution < 1.29 is 4.79 Å². The van der Waals surface area contributed by atoms with Crippen molar-refractivity contribution in [2.75, 3.05) is 0 Å². The van der Waals surface area contributed by atoms with E-state index in [0.29, 0.717) is 11.4 Å². The molecule has 0 aromatic heterocycles. The van der Waals surface area contributed by atoms with Crippen LogP contribution in [0.5, 0.6) is 0 Å². The fraction of sp³-hybridized carbons (Fsp3) is 0.417. The highest BCUT2D eigenvalue weighted by atomic mass is 35.5. The van der Waals surface area contributed by atoms with Gasteiger partial charge in [-0.25, -0.2) is 0 Å². The van der Waals surface area contributed by atoms with Crippen LogP contribution in [0.25, 0.3) is 0 Å². The largest absolute Gasteiger partial charge is 0.286 e. The lowest BCUT2D eigenvalue weighted by Crippen LogP contribution is -2.15. The van der Waals surface area contributed by atoms with Gasteiger partial charge < -0.3 is 0 Å². The molecule has 1 rings (SSSR count). The first-order chi connectivity index (χ1) is 7.49. The maximum Gasteiger partial charge on any atom is 0.207 e. The van der Waals surface area contributed by atoms with Crippen molar-refractivity contribution in [3.63, 3.8) is 0 Å². The fourth-order valence-electron chi connectivity index (χ4n) is 1.22. The van der Waals surface area contributed by atoms with Gasteiger partial charge in [-0.05, 0) is 24.1 Å². The molecule has 0 aliphatic rings. The van der Waals surface area contributed by atoms with Crippen molar-refractivity contribution in [3.8, 4) is 0 Å². The van der Waals surface area contributed by atoms with Crippen LogP contribution in [-0.4, -0.2) is 15.7 Å². The van der Waals surface area contributed by atoms with Gasteiger partial charge in [-0.15, -0.1) is 11.6 Å². The number of hydrogen-bond donors (Lipinski definition) is 0. The van der Waals surface area contributed by atoms with E-state index in [2.05, 4.69) is 0 Å². The van der Waals surface area contributed by atoms with E-state index < -0.39 is 5.38 Å². The van der Waals surface area contributed by atoms with E-state index >= 15 is 0 Å². The summed E-state index contributed by atoms with van der Waals surface area (Å²) < 4.78 is 0. The maximum atomic E-state index is 11.6. The Labute approximate surface area is 111 Å². The van der Waals surface area contributed by atoms with E-state index in [4.69, 9.17) is 23.2 Å². The van der Waals surface area contributed by atoms with E-state index in [1.807, 2.05) is 26.0 Å². The molecule has 0 saturated carbocycles. The molecule has 16 heavy (non-hydrogen) atoms. The highest BCUT2D eigenvalue weighted by Crippen LogP contribution is 2.20. The van der Waals surface area contributed by atoms with Gasteiger partial charge in [0.2, 0.25) is 5.12 Å². The maximum absolute atomic E-state index is 11.6. The van der Waals surface area contributed by atoms with E-state index in [1.54, 1.807) is 12.1 Å². The van der Waals surface area contributed by atoms with Crippen LogP contribution in [0.1, 0.15) is 19.4 Å². The molecule has 1 aromatic rings. The molecule has 1 aromatic carbocycles. The van der Waals surface area contributed by atoms with E-state index in [1.165, 1.54) is 11.8 Å². The zero-order valence-corrected chi connectivity index (χ0v) is 11.6. The number of benzene rings is 1. The van der Waals surface area contributed by atoms with Crippen molar-refractivity contribution in [2.24, 2.45) is 0 Å². The van der Waals surface area contributed by atoms with Gasteiger partial charge in [0.1, 0.15) is 5.38 Å². The lowest BCUT2D eigenvalue weighted by atomic mass is 10.1. The van der Waals surface area contributed by atoms with Gasteiger partial charge in [0.15, 0.2) is 0 Å². The topological polar surface area (TPSA) is 17.1 Å². The molecule has 1 unspecified atom stereocenters. The second-order valence-electron chi connectivity index (χ2n) is 3.78. The molecule has 0 bridgehead atoms. The molecule has 0 aliphatic carbocycles. The average molecular weight is 277 g/mol. The molecule has 0 fully saturated rings. The van der Waals surface area contributed by atoms with Gasteiger partial charge in [0.25, 0.3) is 0 Å². The Morgan fingerprint density at radius 3 is 2.38 bits per heavy atom. The van der Waals surface area contributed by atoms with Crippen molar-refractivity contribution in [1.29, 1.82) is 0 Å². The minimum Gasteiger partial charge on any atom is -0.286 e. The number of hydrogen-bond acceptors (Lipinski definition) is 2. The van der Waals surface area contributed by atoms with Gasteiger partial charge in [-0.1, -0.05) is 49.3 Å². The zero-order chi connectivity index (χ0) is 12.1. The normalized spacial score (nSPS) is 12.8. The number of halogens is 2. The number of rotatable bonds is 4. The van der Waals surface area contributed by atoms with Gasteiger partial charge in [-0.3, -0.25) is 4.79 Å². The Balaban J connectivity index is 2.53. The first-order valence-electron chi connectivity index (χ1n) is 5.08. The Hall–Kier alpha value is -0.180. The summed E-state index contributed by atoms with van der Waals surface area (Å²) in [6, 6.07) is 7.40. The molecule has 4 heteroatoms. The minimum absolute atomic E-state index is 0.0339. The Kier molecular flexibility index (Phi) is 5.67. The summed E-state index contributed by atoms with van der Waals surface area (Å²) in [4.78, 5) is 11.6.